The van der Waals surface area contributed by atoms with Gasteiger partial charge in [-0.15, -0.1) is 0 Å². The molecular formula is C12H17NO3. The SMILES string of the molecule is CCOC(=O)C(CC)C(O)c1cccnc1. The lowest BCUT2D eigenvalue weighted by atomic mass is 9.94. The number of pyridine rings is 1. The Hall–Kier alpha value is -1.42. The van der Waals surface area contributed by atoms with Crippen LogP contribution in [0.25, 0.3) is 0 Å². The predicted octanol–water partition coefficient (Wildman–Crippen LogP) is 1.70. The van der Waals surface area contributed by atoms with Gasteiger partial charge in [0, 0.05) is 12.4 Å². The molecule has 1 rings (SSSR count). The van der Waals surface area contributed by atoms with Crippen LogP contribution in [0.2, 0.25) is 0 Å². The third kappa shape index (κ3) is 3.03. The van der Waals surface area contributed by atoms with E-state index in [0.29, 0.717) is 18.6 Å². The van der Waals surface area contributed by atoms with Crippen LogP contribution in [0, 0.1) is 5.92 Å². The number of aliphatic hydroxyl groups excluding tert-OH is 1. The number of hydrogen-bond acceptors (Lipinski definition) is 4. The van der Waals surface area contributed by atoms with Gasteiger partial charge in [-0.05, 0) is 25.0 Å². The molecule has 4 heteroatoms. The van der Waals surface area contributed by atoms with Crippen LogP contribution >= 0.6 is 0 Å². The number of aromatic nitrogens is 1. The number of carbonyl (C=O) groups excluding carboxylic acids is 1. The molecule has 0 aliphatic carbocycles. The third-order valence-electron chi connectivity index (χ3n) is 2.44. The van der Waals surface area contributed by atoms with E-state index in [2.05, 4.69) is 4.98 Å². The Morgan fingerprint density at radius 3 is 2.81 bits per heavy atom. The second-order valence-corrected chi connectivity index (χ2v) is 3.50. The lowest BCUT2D eigenvalue weighted by Crippen LogP contribution is -2.24. The first-order chi connectivity index (χ1) is 7.70. The lowest BCUT2D eigenvalue weighted by molar-refractivity contribution is -0.152. The molecule has 0 aromatic carbocycles. The fraction of sp³-hybridized carbons (Fsp3) is 0.500. The summed E-state index contributed by atoms with van der Waals surface area (Å²) in [5.41, 5.74) is 0.641. The highest BCUT2D eigenvalue weighted by molar-refractivity contribution is 5.73. The van der Waals surface area contributed by atoms with E-state index in [1.54, 1.807) is 31.5 Å². The first kappa shape index (κ1) is 12.6. The summed E-state index contributed by atoms with van der Waals surface area (Å²) in [4.78, 5) is 15.5. The molecule has 1 N–H and O–H groups in total. The monoisotopic (exact) mass is 223 g/mol. The van der Waals surface area contributed by atoms with Gasteiger partial charge in [-0.25, -0.2) is 0 Å². The van der Waals surface area contributed by atoms with E-state index in [4.69, 9.17) is 4.74 Å². The molecule has 88 valence electrons. The number of hydrogen-bond donors (Lipinski definition) is 1. The van der Waals surface area contributed by atoms with Gasteiger partial charge >= 0.3 is 5.97 Å². The second kappa shape index (κ2) is 6.23. The van der Waals surface area contributed by atoms with Gasteiger partial charge in [0.15, 0.2) is 0 Å². The van der Waals surface area contributed by atoms with Crippen LogP contribution in [0.1, 0.15) is 31.9 Å². The average Bonchev–Trinajstić information content (AvgIpc) is 2.31. The maximum atomic E-state index is 11.6. The summed E-state index contributed by atoms with van der Waals surface area (Å²) in [5.74, 6) is -0.884. The molecule has 4 nitrogen and oxygen atoms in total. The van der Waals surface area contributed by atoms with Crippen LogP contribution in [-0.2, 0) is 9.53 Å². The molecule has 1 aromatic rings. The average molecular weight is 223 g/mol. The number of ether oxygens (including phenoxy) is 1. The van der Waals surface area contributed by atoms with E-state index in [0.717, 1.165) is 0 Å². The van der Waals surface area contributed by atoms with Gasteiger partial charge in [0.25, 0.3) is 0 Å². The number of aliphatic hydroxyl groups is 1. The van der Waals surface area contributed by atoms with Crippen molar-refractivity contribution in [1.29, 1.82) is 0 Å². The summed E-state index contributed by atoms with van der Waals surface area (Å²) in [7, 11) is 0. The Morgan fingerprint density at radius 2 is 2.31 bits per heavy atom. The van der Waals surface area contributed by atoms with Gasteiger partial charge in [0.2, 0.25) is 0 Å². The van der Waals surface area contributed by atoms with Crippen LogP contribution in [-0.4, -0.2) is 22.7 Å². The number of esters is 1. The molecule has 0 aliphatic heterocycles. The molecule has 0 radical (unpaired) electrons. The molecule has 0 amide bonds. The predicted molar refractivity (Wildman–Crippen MR) is 59.6 cm³/mol. The number of carbonyl (C=O) groups is 1. The van der Waals surface area contributed by atoms with Crippen molar-refractivity contribution in [3.05, 3.63) is 30.1 Å². The van der Waals surface area contributed by atoms with Crippen LogP contribution in [0.4, 0.5) is 0 Å². The molecule has 2 unspecified atom stereocenters. The molecule has 0 bridgehead atoms. The van der Waals surface area contributed by atoms with Crippen molar-refractivity contribution in [1.82, 2.24) is 4.98 Å². The van der Waals surface area contributed by atoms with Gasteiger partial charge in [-0.1, -0.05) is 13.0 Å². The minimum atomic E-state index is -0.849. The normalized spacial score (nSPS) is 14.2. The van der Waals surface area contributed by atoms with E-state index in [1.807, 2.05) is 6.92 Å². The largest absolute Gasteiger partial charge is 0.466 e. The molecule has 0 fully saturated rings. The molecule has 16 heavy (non-hydrogen) atoms. The molecule has 2 atom stereocenters. The first-order valence-corrected chi connectivity index (χ1v) is 5.45. The number of rotatable bonds is 5. The number of nitrogens with zero attached hydrogens (tertiary/aromatic N) is 1. The van der Waals surface area contributed by atoms with Crippen LogP contribution in [0.5, 0.6) is 0 Å². The Balaban J connectivity index is 2.77. The van der Waals surface area contributed by atoms with Crippen molar-refractivity contribution in [3.63, 3.8) is 0 Å². The van der Waals surface area contributed by atoms with Gasteiger partial charge in [0.1, 0.15) is 0 Å². The van der Waals surface area contributed by atoms with Crippen molar-refractivity contribution >= 4 is 5.97 Å². The van der Waals surface area contributed by atoms with Crippen LogP contribution in [0.15, 0.2) is 24.5 Å². The lowest BCUT2D eigenvalue weighted by Gasteiger charge is -2.19. The van der Waals surface area contributed by atoms with Crippen LogP contribution in [0.3, 0.4) is 0 Å². The zero-order valence-electron chi connectivity index (χ0n) is 9.59. The molecule has 1 aromatic heterocycles. The van der Waals surface area contributed by atoms with Crippen molar-refractivity contribution < 1.29 is 14.6 Å². The zero-order chi connectivity index (χ0) is 12.0. The van der Waals surface area contributed by atoms with E-state index in [1.165, 1.54) is 0 Å². The summed E-state index contributed by atoms with van der Waals surface area (Å²) in [6.45, 7) is 3.93. The second-order valence-electron chi connectivity index (χ2n) is 3.50. The van der Waals surface area contributed by atoms with E-state index in [9.17, 15) is 9.90 Å². The third-order valence-corrected chi connectivity index (χ3v) is 2.44. The molecule has 0 spiro atoms. The fourth-order valence-electron chi connectivity index (χ4n) is 1.55. The van der Waals surface area contributed by atoms with E-state index >= 15 is 0 Å². The van der Waals surface area contributed by atoms with Gasteiger partial charge in [0.05, 0.1) is 18.6 Å². The van der Waals surface area contributed by atoms with E-state index < -0.39 is 12.0 Å². The molecule has 0 aliphatic rings. The van der Waals surface area contributed by atoms with Crippen LogP contribution < -0.4 is 0 Å². The fourth-order valence-corrected chi connectivity index (χ4v) is 1.55. The highest BCUT2D eigenvalue weighted by Crippen LogP contribution is 2.24. The Labute approximate surface area is 95.3 Å². The topological polar surface area (TPSA) is 59.4 Å². The first-order valence-electron chi connectivity index (χ1n) is 5.45. The Bertz CT molecular complexity index is 326. The maximum Gasteiger partial charge on any atom is 0.311 e. The summed E-state index contributed by atoms with van der Waals surface area (Å²) >= 11 is 0. The van der Waals surface area contributed by atoms with Crippen molar-refractivity contribution in [2.24, 2.45) is 5.92 Å². The van der Waals surface area contributed by atoms with Crippen molar-refractivity contribution in [3.8, 4) is 0 Å². The smallest absolute Gasteiger partial charge is 0.311 e. The zero-order valence-corrected chi connectivity index (χ0v) is 9.59. The Kier molecular flexibility index (Phi) is 4.92. The standard InChI is InChI=1S/C12H17NO3/c1-3-10(12(15)16-4-2)11(14)9-6-5-7-13-8-9/h5-8,10-11,14H,3-4H2,1-2H3. The Morgan fingerprint density at radius 1 is 1.56 bits per heavy atom. The quantitative estimate of drug-likeness (QED) is 0.772. The highest BCUT2D eigenvalue weighted by atomic mass is 16.5. The molecule has 0 saturated heterocycles. The molecule has 0 saturated carbocycles. The van der Waals surface area contributed by atoms with Crippen molar-refractivity contribution in [2.75, 3.05) is 6.61 Å². The summed E-state index contributed by atoms with van der Waals surface area (Å²) < 4.78 is 4.92. The van der Waals surface area contributed by atoms with Gasteiger partial charge in [-0.2, -0.15) is 0 Å². The molecule has 1 heterocycles. The maximum absolute atomic E-state index is 11.6. The summed E-state index contributed by atoms with van der Waals surface area (Å²) in [5, 5.41) is 10.0. The highest BCUT2D eigenvalue weighted by Gasteiger charge is 2.27. The van der Waals surface area contributed by atoms with Gasteiger partial charge < -0.3 is 9.84 Å². The summed E-state index contributed by atoms with van der Waals surface area (Å²) in [6.07, 6.45) is 2.88. The van der Waals surface area contributed by atoms with Gasteiger partial charge in [-0.3, -0.25) is 9.78 Å². The van der Waals surface area contributed by atoms with Crippen molar-refractivity contribution in [2.45, 2.75) is 26.4 Å². The summed E-state index contributed by atoms with van der Waals surface area (Å²) in [6, 6.07) is 3.48. The van der Waals surface area contributed by atoms with E-state index in [-0.39, 0.29) is 5.97 Å². The minimum Gasteiger partial charge on any atom is -0.466 e. The molecular weight excluding hydrogens is 206 g/mol. The minimum absolute atomic E-state index is 0.328.